The first-order valence-electron chi connectivity index (χ1n) is 6.81. The maximum absolute atomic E-state index is 12.1. The molecule has 1 N–H and O–H groups in total. The molecule has 1 aliphatic heterocycles. The minimum Gasteiger partial charge on any atom is -0.348 e. The number of sulfone groups is 1. The molecular formula is C13H15N5O3S. The zero-order valence-electron chi connectivity index (χ0n) is 11.9. The van der Waals surface area contributed by atoms with Gasteiger partial charge in [-0.1, -0.05) is 0 Å². The van der Waals surface area contributed by atoms with Gasteiger partial charge >= 0.3 is 0 Å². The Morgan fingerprint density at radius 1 is 1.32 bits per heavy atom. The van der Waals surface area contributed by atoms with Crippen LogP contribution in [0.3, 0.4) is 0 Å². The van der Waals surface area contributed by atoms with Crippen molar-refractivity contribution < 1.29 is 13.2 Å². The van der Waals surface area contributed by atoms with Gasteiger partial charge in [0.15, 0.2) is 15.7 Å². The number of aryl methyl sites for hydroxylation is 1. The number of amides is 1. The van der Waals surface area contributed by atoms with Crippen LogP contribution in [0.25, 0.3) is 5.69 Å². The third-order valence-corrected chi connectivity index (χ3v) is 5.34. The van der Waals surface area contributed by atoms with E-state index in [4.69, 9.17) is 0 Å². The number of carbonyl (C=O) groups excluding carboxylic acids is 1. The van der Waals surface area contributed by atoms with Gasteiger partial charge in [-0.2, -0.15) is 4.68 Å². The lowest BCUT2D eigenvalue weighted by Gasteiger charge is -2.11. The van der Waals surface area contributed by atoms with E-state index in [1.54, 1.807) is 35.9 Å². The number of rotatable bonds is 3. The number of carbonyl (C=O) groups is 1. The van der Waals surface area contributed by atoms with E-state index in [1.807, 2.05) is 0 Å². The SMILES string of the molecule is Cc1nnnn1-c1ccc(C(=O)N[C@H]2CCS(=O)(=O)C2)cc1. The fourth-order valence-corrected chi connectivity index (χ4v) is 4.08. The normalized spacial score (nSPS) is 20.0. The molecule has 1 aliphatic rings. The molecule has 1 aromatic heterocycles. The summed E-state index contributed by atoms with van der Waals surface area (Å²) in [4.78, 5) is 12.1. The number of hydrogen-bond acceptors (Lipinski definition) is 6. The van der Waals surface area contributed by atoms with E-state index in [-0.39, 0.29) is 23.5 Å². The second-order valence-corrected chi connectivity index (χ2v) is 7.49. The molecule has 1 amide bonds. The highest BCUT2D eigenvalue weighted by atomic mass is 32.2. The standard InChI is InChI=1S/C13H15N5O3S/c1-9-15-16-17-18(9)12-4-2-10(3-5-12)13(19)14-11-6-7-22(20,21)8-11/h2-5,11H,6-8H2,1H3,(H,14,19)/t11-/m0/s1. The molecule has 1 saturated heterocycles. The highest BCUT2D eigenvalue weighted by Gasteiger charge is 2.29. The van der Waals surface area contributed by atoms with Crippen LogP contribution >= 0.6 is 0 Å². The minimum atomic E-state index is -3.00. The summed E-state index contributed by atoms with van der Waals surface area (Å²) in [5.74, 6) is 0.520. The Balaban J connectivity index is 1.70. The van der Waals surface area contributed by atoms with Gasteiger partial charge in [0, 0.05) is 11.6 Å². The smallest absolute Gasteiger partial charge is 0.251 e. The Morgan fingerprint density at radius 2 is 2.05 bits per heavy atom. The zero-order chi connectivity index (χ0) is 15.7. The molecule has 1 fully saturated rings. The van der Waals surface area contributed by atoms with E-state index < -0.39 is 9.84 Å². The molecule has 0 radical (unpaired) electrons. The van der Waals surface area contributed by atoms with Gasteiger partial charge in [-0.05, 0) is 48.0 Å². The monoisotopic (exact) mass is 321 g/mol. The van der Waals surface area contributed by atoms with Crippen LogP contribution in [-0.4, -0.2) is 52.1 Å². The van der Waals surface area contributed by atoms with Gasteiger partial charge in [-0.3, -0.25) is 4.79 Å². The van der Waals surface area contributed by atoms with Crippen LogP contribution in [0.1, 0.15) is 22.6 Å². The molecule has 116 valence electrons. The summed E-state index contributed by atoms with van der Waals surface area (Å²) >= 11 is 0. The van der Waals surface area contributed by atoms with Gasteiger partial charge in [-0.25, -0.2) is 8.42 Å². The predicted molar refractivity (Wildman–Crippen MR) is 78.4 cm³/mol. The topological polar surface area (TPSA) is 107 Å². The molecule has 0 unspecified atom stereocenters. The molecule has 9 heteroatoms. The maximum atomic E-state index is 12.1. The first-order valence-corrected chi connectivity index (χ1v) is 8.63. The van der Waals surface area contributed by atoms with Crippen molar-refractivity contribution in [3.8, 4) is 5.69 Å². The van der Waals surface area contributed by atoms with Gasteiger partial charge in [0.2, 0.25) is 0 Å². The Labute approximate surface area is 127 Å². The number of benzene rings is 1. The van der Waals surface area contributed by atoms with Crippen LogP contribution < -0.4 is 5.32 Å². The molecule has 22 heavy (non-hydrogen) atoms. The molecule has 1 aromatic carbocycles. The van der Waals surface area contributed by atoms with E-state index in [0.717, 1.165) is 5.69 Å². The van der Waals surface area contributed by atoms with Gasteiger partial charge in [-0.15, -0.1) is 5.10 Å². The van der Waals surface area contributed by atoms with Crippen molar-refractivity contribution in [3.05, 3.63) is 35.7 Å². The largest absolute Gasteiger partial charge is 0.348 e. The summed E-state index contributed by atoms with van der Waals surface area (Å²) in [5, 5.41) is 14.0. The number of aromatic nitrogens is 4. The molecular weight excluding hydrogens is 306 g/mol. The quantitative estimate of drug-likeness (QED) is 0.845. The summed E-state index contributed by atoms with van der Waals surface area (Å²) in [6.07, 6.45) is 0.468. The second-order valence-electron chi connectivity index (χ2n) is 5.26. The van der Waals surface area contributed by atoms with Crippen molar-refractivity contribution in [1.82, 2.24) is 25.5 Å². The lowest BCUT2D eigenvalue weighted by atomic mass is 10.1. The summed E-state index contributed by atoms with van der Waals surface area (Å²) in [5.41, 5.74) is 1.22. The molecule has 0 bridgehead atoms. The van der Waals surface area contributed by atoms with Crippen LogP contribution in [0.4, 0.5) is 0 Å². The number of hydrogen-bond donors (Lipinski definition) is 1. The molecule has 8 nitrogen and oxygen atoms in total. The number of nitrogens with one attached hydrogen (secondary N) is 1. The van der Waals surface area contributed by atoms with Crippen LogP contribution in [-0.2, 0) is 9.84 Å². The van der Waals surface area contributed by atoms with E-state index in [9.17, 15) is 13.2 Å². The third-order valence-electron chi connectivity index (χ3n) is 3.57. The van der Waals surface area contributed by atoms with Crippen LogP contribution in [0.2, 0.25) is 0 Å². The Morgan fingerprint density at radius 3 is 2.59 bits per heavy atom. The lowest BCUT2D eigenvalue weighted by molar-refractivity contribution is 0.0941. The molecule has 2 heterocycles. The van der Waals surface area contributed by atoms with E-state index in [1.165, 1.54) is 0 Å². The van der Waals surface area contributed by atoms with Crippen LogP contribution in [0.5, 0.6) is 0 Å². The van der Waals surface area contributed by atoms with Gasteiger partial charge in [0.05, 0.1) is 17.2 Å². The number of nitrogens with zero attached hydrogens (tertiary/aromatic N) is 4. The van der Waals surface area contributed by atoms with Crippen molar-refractivity contribution in [2.45, 2.75) is 19.4 Å². The van der Waals surface area contributed by atoms with Crippen molar-refractivity contribution in [1.29, 1.82) is 0 Å². The average Bonchev–Trinajstić information content (AvgIpc) is 3.04. The number of tetrazole rings is 1. The van der Waals surface area contributed by atoms with E-state index in [2.05, 4.69) is 20.8 Å². The zero-order valence-corrected chi connectivity index (χ0v) is 12.7. The minimum absolute atomic E-state index is 0.0145. The molecule has 2 aromatic rings. The first kappa shape index (κ1) is 14.6. The predicted octanol–water partition coefficient (Wildman–Crippen LogP) is -0.112. The average molecular weight is 321 g/mol. The molecule has 1 atom stereocenters. The van der Waals surface area contributed by atoms with Gasteiger partial charge in [0.25, 0.3) is 5.91 Å². The fraction of sp³-hybridized carbons (Fsp3) is 0.385. The van der Waals surface area contributed by atoms with Crippen molar-refractivity contribution >= 4 is 15.7 Å². The second kappa shape index (κ2) is 5.48. The van der Waals surface area contributed by atoms with E-state index in [0.29, 0.717) is 17.8 Å². The first-order chi connectivity index (χ1) is 10.4. The summed E-state index contributed by atoms with van der Waals surface area (Å²) < 4.78 is 24.3. The molecule has 0 spiro atoms. The van der Waals surface area contributed by atoms with Crippen LogP contribution in [0.15, 0.2) is 24.3 Å². The maximum Gasteiger partial charge on any atom is 0.251 e. The molecule has 0 aliphatic carbocycles. The fourth-order valence-electron chi connectivity index (χ4n) is 2.40. The van der Waals surface area contributed by atoms with Gasteiger partial charge in [0.1, 0.15) is 0 Å². The van der Waals surface area contributed by atoms with Crippen molar-refractivity contribution in [3.63, 3.8) is 0 Å². The van der Waals surface area contributed by atoms with Crippen molar-refractivity contribution in [2.75, 3.05) is 11.5 Å². The molecule has 0 saturated carbocycles. The summed E-state index contributed by atoms with van der Waals surface area (Å²) in [7, 11) is -3.00. The highest BCUT2D eigenvalue weighted by Crippen LogP contribution is 2.13. The van der Waals surface area contributed by atoms with Crippen LogP contribution in [0, 0.1) is 6.92 Å². The molecule has 3 rings (SSSR count). The van der Waals surface area contributed by atoms with Gasteiger partial charge < -0.3 is 5.32 Å². The lowest BCUT2D eigenvalue weighted by Crippen LogP contribution is -2.35. The Bertz CT molecular complexity index is 797. The third kappa shape index (κ3) is 2.98. The Kier molecular flexibility index (Phi) is 3.65. The van der Waals surface area contributed by atoms with E-state index >= 15 is 0 Å². The summed E-state index contributed by atoms with van der Waals surface area (Å²) in [6, 6.07) is 6.50. The highest BCUT2D eigenvalue weighted by molar-refractivity contribution is 7.91. The summed E-state index contributed by atoms with van der Waals surface area (Å²) in [6.45, 7) is 1.78. The Hall–Kier alpha value is -2.29. The van der Waals surface area contributed by atoms with Crippen molar-refractivity contribution in [2.24, 2.45) is 0 Å².